The van der Waals surface area contributed by atoms with Crippen LogP contribution >= 0.6 is 11.6 Å². The lowest BCUT2D eigenvalue weighted by Crippen LogP contribution is -2.48. The quantitative estimate of drug-likeness (QED) is 0.895. The molecule has 1 aromatic carbocycles. The van der Waals surface area contributed by atoms with Crippen LogP contribution in [0, 0.1) is 0 Å². The molecule has 6 nitrogen and oxygen atoms in total. The number of hydrogen-bond acceptors (Lipinski definition) is 4. The Morgan fingerprint density at radius 1 is 1.50 bits per heavy atom. The van der Waals surface area contributed by atoms with Gasteiger partial charge >= 0.3 is 5.97 Å². The Bertz CT molecular complexity index is 563. The van der Waals surface area contributed by atoms with Gasteiger partial charge in [-0.15, -0.1) is 0 Å². The molecular weight excluding hydrogens is 310 g/mol. The molecule has 0 spiro atoms. The minimum absolute atomic E-state index is 0.00784. The highest BCUT2D eigenvalue weighted by atomic mass is 35.5. The molecule has 0 aromatic heterocycles. The highest BCUT2D eigenvalue weighted by molar-refractivity contribution is 6.31. The molecular formula is C15H18ClNO5. The van der Waals surface area contributed by atoms with E-state index in [1.54, 1.807) is 18.2 Å². The van der Waals surface area contributed by atoms with Crippen LogP contribution in [0.3, 0.4) is 0 Å². The predicted molar refractivity (Wildman–Crippen MR) is 80.5 cm³/mol. The average Bonchev–Trinajstić information content (AvgIpc) is 2.53. The first-order valence-electron chi connectivity index (χ1n) is 7.09. The molecule has 1 amide bonds. The SMILES string of the molecule is CCCOc1ccc(Cl)cc1C(=O)N1CCOC(C(=O)O)C1. The first-order chi connectivity index (χ1) is 10.5. The van der Waals surface area contributed by atoms with Gasteiger partial charge in [-0.3, -0.25) is 4.79 Å². The Kier molecular flexibility index (Phi) is 5.63. The topological polar surface area (TPSA) is 76.1 Å². The van der Waals surface area contributed by atoms with Gasteiger partial charge in [0.15, 0.2) is 6.10 Å². The number of rotatable bonds is 5. The number of carboxylic acid groups (broad SMARTS) is 1. The van der Waals surface area contributed by atoms with E-state index < -0.39 is 12.1 Å². The van der Waals surface area contributed by atoms with E-state index in [9.17, 15) is 9.59 Å². The lowest BCUT2D eigenvalue weighted by atomic mass is 10.1. The van der Waals surface area contributed by atoms with Crippen LogP contribution in [0.4, 0.5) is 0 Å². The lowest BCUT2D eigenvalue weighted by Gasteiger charge is -2.31. The second-order valence-electron chi connectivity index (χ2n) is 4.94. The van der Waals surface area contributed by atoms with Crippen LogP contribution in [-0.2, 0) is 9.53 Å². The zero-order valence-corrected chi connectivity index (χ0v) is 13.0. The van der Waals surface area contributed by atoms with Crippen LogP contribution in [0.5, 0.6) is 5.75 Å². The van der Waals surface area contributed by atoms with Crippen molar-refractivity contribution in [2.75, 3.05) is 26.3 Å². The summed E-state index contributed by atoms with van der Waals surface area (Å²) in [6, 6.07) is 4.85. The van der Waals surface area contributed by atoms with Crippen molar-refractivity contribution < 1.29 is 24.2 Å². The Balaban J connectivity index is 2.20. The molecule has 0 aliphatic carbocycles. The molecule has 1 saturated heterocycles. The maximum atomic E-state index is 12.6. The van der Waals surface area contributed by atoms with Gasteiger partial charge in [0, 0.05) is 11.6 Å². The Morgan fingerprint density at radius 3 is 2.95 bits per heavy atom. The predicted octanol–water partition coefficient (Wildman–Crippen LogP) is 2.05. The second kappa shape index (κ2) is 7.47. The second-order valence-corrected chi connectivity index (χ2v) is 5.37. The van der Waals surface area contributed by atoms with Crippen molar-refractivity contribution in [2.45, 2.75) is 19.4 Å². The molecule has 22 heavy (non-hydrogen) atoms. The Labute approximate surface area is 133 Å². The number of ether oxygens (including phenoxy) is 2. The molecule has 1 fully saturated rings. The summed E-state index contributed by atoms with van der Waals surface area (Å²) in [5, 5.41) is 9.44. The van der Waals surface area contributed by atoms with E-state index in [4.69, 9.17) is 26.2 Å². The van der Waals surface area contributed by atoms with Crippen LogP contribution in [0.25, 0.3) is 0 Å². The highest BCUT2D eigenvalue weighted by Crippen LogP contribution is 2.25. The number of morpholine rings is 1. The van der Waals surface area contributed by atoms with Crippen LogP contribution in [0.2, 0.25) is 5.02 Å². The molecule has 1 unspecified atom stereocenters. The van der Waals surface area contributed by atoms with Crippen molar-refractivity contribution >= 4 is 23.5 Å². The minimum Gasteiger partial charge on any atom is -0.493 e. The Morgan fingerprint density at radius 2 is 2.27 bits per heavy atom. The van der Waals surface area contributed by atoms with Crippen molar-refractivity contribution in [2.24, 2.45) is 0 Å². The summed E-state index contributed by atoms with van der Waals surface area (Å²) in [5.74, 6) is -0.927. The first-order valence-corrected chi connectivity index (χ1v) is 7.46. The summed E-state index contributed by atoms with van der Waals surface area (Å²) in [6.07, 6.45) is -0.188. The van der Waals surface area contributed by atoms with Gasteiger partial charge in [0.2, 0.25) is 0 Å². The van der Waals surface area contributed by atoms with Crippen LogP contribution in [0.1, 0.15) is 23.7 Å². The molecule has 120 valence electrons. The number of halogens is 1. The van der Waals surface area contributed by atoms with Crippen molar-refractivity contribution in [3.05, 3.63) is 28.8 Å². The number of nitrogens with zero attached hydrogens (tertiary/aromatic N) is 1. The number of benzene rings is 1. The fraction of sp³-hybridized carbons (Fsp3) is 0.467. The van der Waals surface area contributed by atoms with Gasteiger partial charge in [0.1, 0.15) is 5.75 Å². The number of carboxylic acids is 1. The molecule has 0 bridgehead atoms. The third-order valence-electron chi connectivity index (χ3n) is 3.26. The first kappa shape index (κ1) is 16.6. The van der Waals surface area contributed by atoms with Gasteiger partial charge in [-0.2, -0.15) is 0 Å². The molecule has 1 aliphatic rings. The molecule has 1 aliphatic heterocycles. The molecule has 1 heterocycles. The number of carbonyl (C=O) groups excluding carboxylic acids is 1. The molecule has 2 rings (SSSR count). The van der Waals surface area contributed by atoms with Gasteiger partial charge < -0.3 is 19.5 Å². The lowest BCUT2D eigenvalue weighted by molar-refractivity contribution is -0.154. The number of carbonyl (C=O) groups is 2. The van der Waals surface area contributed by atoms with Crippen molar-refractivity contribution in [3.63, 3.8) is 0 Å². The minimum atomic E-state index is -1.08. The van der Waals surface area contributed by atoms with E-state index in [-0.39, 0.29) is 19.1 Å². The van der Waals surface area contributed by atoms with Gasteiger partial charge in [-0.25, -0.2) is 4.79 Å². The number of hydrogen-bond donors (Lipinski definition) is 1. The van der Waals surface area contributed by atoms with E-state index in [0.29, 0.717) is 29.5 Å². The van der Waals surface area contributed by atoms with Crippen LogP contribution in [-0.4, -0.2) is 54.3 Å². The highest BCUT2D eigenvalue weighted by Gasteiger charge is 2.30. The zero-order chi connectivity index (χ0) is 16.1. The zero-order valence-electron chi connectivity index (χ0n) is 12.3. The molecule has 0 radical (unpaired) electrons. The standard InChI is InChI=1S/C15H18ClNO5/c1-2-6-21-12-4-3-10(16)8-11(12)14(18)17-5-7-22-13(9-17)15(19)20/h3-4,8,13H,2,5-7,9H2,1H3,(H,19,20). The molecule has 1 aromatic rings. The van der Waals surface area contributed by atoms with E-state index in [1.807, 2.05) is 6.92 Å². The van der Waals surface area contributed by atoms with Crippen molar-refractivity contribution in [3.8, 4) is 5.75 Å². The summed E-state index contributed by atoms with van der Waals surface area (Å²) in [5.41, 5.74) is 0.340. The number of amides is 1. The summed E-state index contributed by atoms with van der Waals surface area (Å²) in [4.78, 5) is 25.1. The summed E-state index contributed by atoms with van der Waals surface area (Å²) >= 11 is 5.97. The van der Waals surface area contributed by atoms with Gasteiger partial charge in [-0.1, -0.05) is 18.5 Å². The van der Waals surface area contributed by atoms with E-state index in [0.717, 1.165) is 6.42 Å². The monoisotopic (exact) mass is 327 g/mol. The van der Waals surface area contributed by atoms with E-state index >= 15 is 0 Å². The van der Waals surface area contributed by atoms with Crippen LogP contribution < -0.4 is 4.74 Å². The fourth-order valence-corrected chi connectivity index (χ4v) is 2.33. The summed E-state index contributed by atoms with van der Waals surface area (Å²) < 4.78 is 10.7. The van der Waals surface area contributed by atoms with Gasteiger partial charge in [-0.05, 0) is 24.6 Å². The maximum absolute atomic E-state index is 12.6. The summed E-state index contributed by atoms with van der Waals surface area (Å²) in [6.45, 7) is 2.99. The van der Waals surface area contributed by atoms with Crippen molar-refractivity contribution in [1.29, 1.82) is 0 Å². The molecule has 1 N–H and O–H groups in total. The maximum Gasteiger partial charge on any atom is 0.334 e. The fourth-order valence-electron chi connectivity index (χ4n) is 2.16. The normalized spacial score (nSPS) is 18.1. The van der Waals surface area contributed by atoms with Crippen LogP contribution in [0.15, 0.2) is 18.2 Å². The largest absolute Gasteiger partial charge is 0.493 e. The number of aliphatic carboxylic acids is 1. The molecule has 7 heteroatoms. The summed E-state index contributed by atoms with van der Waals surface area (Å²) in [7, 11) is 0. The third-order valence-corrected chi connectivity index (χ3v) is 3.50. The molecule has 1 atom stereocenters. The molecule has 0 saturated carbocycles. The van der Waals surface area contributed by atoms with Gasteiger partial charge in [0.05, 0.1) is 25.3 Å². The average molecular weight is 328 g/mol. The smallest absolute Gasteiger partial charge is 0.334 e. The third kappa shape index (κ3) is 3.90. The van der Waals surface area contributed by atoms with E-state index in [1.165, 1.54) is 4.90 Å². The van der Waals surface area contributed by atoms with Gasteiger partial charge in [0.25, 0.3) is 5.91 Å². The van der Waals surface area contributed by atoms with Crippen molar-refractivity contribution in [1.82, 2.24) is 4.90 Å². The Hall–Kier alpha value is -1.79. The van der Waals surface area contributed by atoms with E-state index in [2.05, 4.69) is 0 Å².